The molecular weight excluding hydrogens is 174 g/mol. The van der Waals surface area contributed by atoms with E-state index in [-0.39, 0.29) is 0 Å². The van der Waals surface area contributed by atoms with Gasteiger partial charge in [0.25, 0.3) is 0 Å². The summed E-state index contributed by atoms with van der Waals surface area (Å²) in [5, 5.41) is 9.36. The molecule has 0 aromatic heterocycles. The molecule has 1 aromatic carbocycles. The van der Waals surface area contributed by atoms with Crippen molar-refractivity contribution in [3.63, 3.8) is 0 Å². The van der Waals surface area contributed by atoms with E-state index < -0.39 is 0 Å². The molecule has 2 heteroatoms. The molecular formula is C12H13NO. The Morgan fingerprint density at radius 3 is 3.14 bits per heavy atom. The molecule has 0 spiro atoms. The molecule has 1 aliphatic heterocycles. The molecule has 2 nitrogen and oxygen atoms in total. The Kier molecular flexibility index (Phi) is 1.63. The second-order valence-electron chi connectivity index (χ2n) is 4.14. The fraction of sp³-hybridized carbons (Fsp3) is 0.417. The second-order valence-corrected chi connectivity index (χ2v) is 4.14. The van der Waals surface area contributed by atoms with Crippen molar-refractivity contribution < 1.29 is 5.11 Å². The number of fused-ring (bicyclic) bond motifs is 3. The lowest BCUT2D eigenvalue weighted by atomic mass is 9.84. The lowest BCUT2D eigenvalue weighted by molar-refractivity contribution is 0.475. The molecule has 3 rings (SSSR count). The molecule has 1 heterocycles. The zero-order valence-corrected chi connectivity index (χ0v) is 8.03. The third-order valence-corrected chi connectivity index (χ3v) is 3.23. The number of phenols is 1. The van der Waals surface area contributed by atoms with Crippen molar-refractivity contribution in [1.82, 2.24) is 0 Å². The molecule has 72 valence electrons. The predicted molar refractivity (Wildman–Crippen MR) is 56.4 cm³/mol. The molecule has 14 heavy (non-hydrogen) atoms. The van der Waals surface area contributed by atoms with Crippen molar-refractivity contribution in [2.24, 2.45) is 4.99 Å². The largest absolute Gasteiger partial charge is 0.508 e. The second kappa shape index (κ2) is 2.84. The summed E-state index contributed by atoms with van der Waals surface area (Å²) < 4.78 is 0. The first-order valence-corrected chi connectivity index (χ1v) is 5.25. The highest BCUT2D eigenvalue weighted by Crippen LogP contribution is 2.43. The lowest BCUT2D eigenvalue weighted by Gasteiger charge is -2.19. The first-order chi connectivity index (χ1) is 6.84. The van der Waals surface area contributed by atoms with Crippen molar-refractivity contribution in [1.29, 1.82) is 0 Å². The van der Waals surface area contributed by atoms with E-state index in [1.54, 1.807) is 12.1 Å². The van der Waals surface area contributed by atoms with Crippen LogP contribution >= 0.6 is 0 Å². The molecule has 0 radical (unpaired) electrons. The van der Waals surface area contributed by atoms with Crippen molar-refractivity contribution in [3.8, 4) is 5.75 Å². The van der Waals surface area contributed by atoms with E-state index >= 15 is 0 Å². The van der Waals surface area contributed by atoms with Crippen LogP contribution in [-0.4, -0.2) is 10.8 Å². The van der Waals surface area contributed by atoms with E-state index in [0.29, 0.717) is 11.7 Å². The smallest absolute Gasteiger partial charge is 0.117 e. The third kappa shape index (κ3) is 1.07. The van der Waals surface area contributed by atoms with Gasteiger partial charge in [-0.25, -0.2) is 0 Å². The van der Waals surface area contributed by atoms with E-state index in [2.05, 4.69) is 4.99 Å². The molecule has 1 aliphatic carbocycles. The number of hydrogen-bond acceptors (Lipinski definition) is 2. The highest BCUT2D eigenvalue weighted by Gasteiger charge is 2.28. The highest BCUT2D eigenvalue weighted by atomic mass is 16.3. The highest BCUT2D eigenvalue weighted by molar-refractivity contribution is 5.98. The van der Waals surface area contributed by atoms with Crippen LogP contribution in [0.4, 0.5) is 5.69 Å². The molecule has 1 fully saturated rings. The van der Waals surface area contributed by atoms with Gasteiger partial charge >= 0.3 is 0 Å². The molecule has 1 saturated carbocycles. The summed E-state index contributed by atoms with van der Waals surface area (Å²) in [7, 11) is 0. The molecule has 0 unspecified atom stereocenters. The van der Waals surface area contributed by atoms with Crippen LogP contribution in [0.2, 0.25) is 0 Å². The quantitative estimate of drug-likeness (QED) is 0.665. The fourth-order valence-electron chi connectivity index (χ4n) is 2.54. The summed E-state index contributed by atoms with van der Waals surface area (Å²) in [5.74, 6) is 0.881. The number of benzene rings is 1. The predicted octanol–water partition coefficient (Wildman–Crippen LogP) is 3.14. The maximum atomic E-state index is 9.36. The van der Waals surface area contributed by atoms with Crippen molar-refractivity contribution in [3.05, 3.63) is 23.8 Å². The normalized spacial score (nSPS) is 24.0. The van der Waals surface area contributed by atoms with Crippen LogP contribution in [0, 0.1) is 0 Å². The van der Waals surface area contributed by atoms with E-state index in [1.165, 1.54) is 30.5 Å². The molecule has 2 aliphatic rings. The Bertz CT molecular complexity index is 409. The van der Waals surface area contributed by atoms with Gasteiger partial charge in [-0.3, -0.25) is 4.99 Å². The molecule has 1 atom stereocenters. The van der Waals surface area contributed by atoms with Gasteiger partial charge in [-0.1, -0.05) is 12.5 Å². The first-order valence-electron chi connectivity index (χ1n) is 5.25. The zero-order chi connectivity index (χ0) is 9.54. The van der Waals surface area contributed by atoms with Gasteiger partial charge in [-0.15, -0.1) is 0 Å². The number of rotatable bonds is 0. The lowest BCUT2D eigenvalue weighted by Crippen LogP contribution is -2.13. The first kappa shape index (κ1) is 8.04. The Morgan fingerprint density at radius 1 is 1.29 bits per heavy atom. The average Bonchev–Trinajstić information content (AvgIpc) is 2.54. The minimum Gasteiger partial charge on any atom is -0.508 e. The minimum atomic E-state index is 0.326. The van der Waals surface area contributed by atoms with E-state index in [4.69, 9.17) is 0 Å². The molecule has 0 amide bonds. The van der Waals surface area contributed by atoms with Crippen molar-refractivity contribution in [2.45, 2.75) is 31.6 Å². The Balaban J connectivity index is 2.09. The van der Waals surface area contributed by atoms with Gasteiger partial charge < -0.3 is 5.11 Å². The number of nitrogens with zero attached hydrogens (tertiary/aromatic N) is 1. The maximum Gasteiger partial charge on any atom is 0.117 e. The average molecular weight is 187 g/mol. The van der Waals surface area contributed by atoms with Crippen LogP contribution < -0.4 is 0 Å². The van der Waals surface area contributed by atoms with Gasteiger partial charge in [0.05, 0.1) is 5.69 Å². The fourth-order valence-corrected chi connectivity index (χ4v) is 2.54. The third-order valence-electron chi connectivity index (χ3n) is 3.23. The molecule has 1 N–H and O–H groups in total. The van der Waals surface area contributed by atoms with Gasteiger partial charge in [-0.05, 0) is 30.9 Å². The minimum absolute atomic E-state index is 0.326. The summed E-state index contributed by atoms with van der Waals surface area (Å²) in [6.45, 7) is 0. The molecule has 1 aromatic rings. The van der Waals surface area contributed by atoms with E-state index in [1.807, 2.05) is 6.07 Å². The van der Waals surface area contributed by atoms with Crippen LogP contribution in [0.5, 0.6) is 5.75 Å². The number of aromatic hydroxyl groups is 1. The van der Waals surface area contributed by atoms with Gasteiger partial charge in [0, 0.05) is 17.7 Å². The Morgan fingerprint density at radius 2 is 2.21 bits per heavy atom. The van der Waals surface area contributed by atoms with Crippen LogP contribution in [0.15, 0.2) is 23.2 Å². The maximum absolute atomic E-state index is 9.36. The van der Waals surface area contributed by atoms with Gasteiger partial charge in [0.1, 0.15) is 5.75 Å². The molecule has 0 bridgehead atoms. The number of hydrogen-bond donors (Lipinski definition) is 1. The van der Waals surface area contributed by atoms with Crippen LogP contribution in [0.1, 0.15) is 37.2 Å². The van der Waals surface area contributed by atoms with E-state index in [0.717, 1.165) is 12.1 Å². The Labute approximate surface area is 83.3 Å². The van der Waals surface area contributed by atoms with E-state index in [9.17, 15) is 5.11 Å². The number of phenolic OH excluding ortho intramolecular Hbond substituents is 1. The van der Waals surface area contributed by atoms with Crippen LogP contribution in [-0.2, 0) is 0 Å². The zero-order valence-electron chi connectivity index (χ0n) is 8.03. The topological polar surface area (TPSA) is 32.6 Å². The molecule has 0 saturated heterocycles. The van der Waals surface area contributed by atoms with Gasteiger partial charge in [-0.2, -0.15) is 0 Å². The van der Waals surface area contributed by atoms with Crippen molar-refractivity contribution in [2.75, 3.05) is 0 Å². The van der Waals surface area contributed by atoms with Crippen molar-refractivity contribution >= 4 is 11.4 Å². The number of aliphatic imine (C=N–C) groups is 1. The van der Waals surface area contributed by atoms with Gasteiger partial charge in [0.15, 0.2) is 0 Å². The van der Waals surface area contributed by atoms with Gasteiger partial charge in [0.2, 0.25) is 0 Å². The Hall–Kier alpha value is -1.31. The summed E-state index contributed by atoms with van der Waals surface area (Å²) in [6, 6.07) is 5.57. The van der Waals surface area contributed by atoms with Crippen LogP contribution in [0.25, 0.3) is 0 Å². The summed E-state index contributed by atoms with van der Waals surface area (Å²) in [4.78, 5) is 4.59. The standard InChI is InChI=1S/C12H13NO/c14-8-5-6-10-9-3-1-2-4-11(9)13-12(10)7-8/h5-7,9,14H,1-4H2/t9-/m0/s1. The van der Waals surface area contributed by atoms with Crippen LogP contribution in [0.3, 0.4) is 0 Å². The summed E-state index contributed by atoms with van der Waals surface area (Å²) >= 11 is 0. The summed E-state index contributed by atoms with van der Waals surface area (Å²) in [6.07, 6.45) is 4.95. The SMILES string of the molecule is Oc1ccc2c(c1)N=C1CCCC[C@H]12. The summed E-state index contributed by atoms with van der Waals surface area (Å²) in [5.41, 5.74) is 3.64. The monoisotopic (exact) mass is 187 g/mol.